The first kappa shape index (κ1) is 11.3. The third kappa shape index (κ3) is 2.39. The molecule has 0 radical (unpaired) electrons. The van der Waals surface area contributed by atoms with Crippen molar-refractivity contribution >= 4 is 0 Å². The molecule has 1 saturated heterocycles. The molecule has 1 aromatic rings. The molecule has 1 aliphatic heterocycles. The predicted octanol–water partition coefficient (Wildman–Crippen LogP) is 3.20. The van der Waals surface area contributed by atoms with Crippen LogP contribution in [0.3, 0.4) is 0 Å². The smallest absolute Gasteiger partial charge is 0.0951 e. The average molecular weight is 233 g/mol. The Bertz CT molecular complexity index is 344. The van der Waals surface area contributed by atoms with Gasteiger partial charge >= 0.3 is 0 Å². The van der Waals surface area contributed by atoms with E-state index in [0.717, 1.165) is 0 Å². The first-order valence-electron chi connectivity index (χ1n) is 7.20. The minimum atomic E-state index is 0.556. The monoisotopic (exact) mass is 233 g/mol. The zero-order valence-corrected chi connectivity index (χ0v) is 10.6. The van der Waals surface area contributed by atoms with Gasteiger partial charge in [0.25, 0.3) is 0 Å². The number of aromatic nitrogens is 2. The highest BCUT2D eigenvalue weighted by Crippen LogP contribution is 2.31. The summed E-state index contributed by atoms with van der Waals surface area (Å²) in [5, 5.41) is 3.59. The highest BCUT2D eigenvalue weighted by Gasteiger charge is 2.23. The van der Waals surface area contributed by atoms with Crippen molar-refractivity contribution in [2.75, 3.05) is 6.54 Å². The number of nitrogens with one attached hydrogen (secondary N) is 1. The maximum Gasteiger partial charge on any atom is 0.0951 e. The van der Waals surface area contributed by atoms with Crippen LogP contribution in [0.25, 0.3) is 0 Å². The van der Waals surface area contributed by atoms with E-state index in [1.807, 2.05) is 0 Å². The predicted molar refractivity (Wildman–Crippen MR) is 68.9 cm³/mol. The first-order chi connectivity index (χ1) is 8.45. The van der Waals surface area contributed by atoms with Crippen molar-refractivity contribution in [3.05, 3.63) is 18.2 Å². The number of nitrogens with zero attached hydrogens (tertiary/aromatic N) is 2. The molecule has 2 fully saturated rings. The second-order valence-corrected chi connectivity index (χ2v) is 5.52. The third-order valence-electron chi connectivity index (χ3n) is 4.33. The highest BCUT2D eigenvalue weighted by molar-refractivity contribution is 5.08. The molecule has 2 heterocycles. The van der Waals surface area contributed by atoms with Gasteiger partial charge in [0.2, 0.25) is 0 Å². The number of hydrogen-bond donors (Lipinski definition) is 1. The van der Waals surface area contributed by atoms with Crippen molar-refractivity contribution in [3.63, 3.8) is 0 Å². The van der Waals surface area contributed by atoms with E-state index in [1.165, 1.54) is 63.6 Å². The van der Waals surface area contributed by atoms with Crippen molar-refractivity contribution < 1.29 is 0 Å². The first-order valence-corrected chi connectivity index (χ1v) is 7.20. The van der Waals surface area contributed by atoms with Crippen LogP contribution >= 0.6 is 0 Å². The van der Waals surface area contributed by atoms with Crippen molar-refractivity contribution in [2.24, 2.45) is 0 Å². The fraction of sp³-hybridized carbons (Fsp3) is 0.786. The molecular weight excluding hydrogens is 210 g/mol. The fourth-order valence-electron chi connectivity index (χ4n) is 3.36. The summed E-state index contributed by atoms with van der Waals surface area (Å²) in [4.78, 5) is 4.40. The summed E-state index contributed by atoms with van der Waals surface area (Å²) < 4.78 is 2.47. The lowest BCUT2D eigenvalue weighted by atomic mass is 10.1. The van der Waals surface area contributed by atoms with Crippen molar-refractivity contribution in [2.45, 2.75) is 63.5 Å². The molecular formula is C14H23N3. The lowest BCUT2D eigenvalue weighted by Gasteiger charge is -2.21. The number of hydrogen-bond acceptors (Lipinski definition) is 2. The number of rotatable bonds is 2. The van der Waals surface area contributed by atoms with E-state index >= 15 is 0 Å². The van der Waals surface area contributed by atoms with E-state index in [-0.39, 0.29) is 0 Å². The van der Waals surface area contributed by atoms with Crippen molar-refractivity contribution in [1.82, 2.24) is 14.9 Å². The van der Waals surface area contributed by atoms with Crippen LogP contribution in [0, 0.1) is 0 Å². The summed E-state index contributed by atoms with van der Waals surface area (Å²) >= 11 is 0. The van der Waals surface area contributed by atoms with Gasteiger partial charge < -0.3 is 9.88 Å². The third-order valence-corrected chi connectivity index (χ3v) is 4.33. The zero-order valence-electron chi connectivity index (χ0n) is 10.6. The average Bonchev–Trinajstić information content (AvgIpc) is 2.95. The Labute approximate surface area is 104 Å². The van der Waals surface area contributed by atoms with E-state index < -0.39 is 0 Å². The summed E-state index contributed by atoms with van der Waals surface area (Å²) in [5.74, 6) is 0. The van der Waals surface area contributed by atoms with Crippen LogP contribution in [0.1, 0.15) is 69.1 Å². The minimum absolute atomic E-state index is 0.556. The zero-order chi connectivity index (χ0) is 11.5. The second-order valence-electron chi connectivity index (χ2n) is 5.52. The van der Waals surface area contributed by atoms with Crippen LogP contribution < -0.4 is 5.32 Å². The van der Waals surface area contributed by atoms with Gasteiger partial charge in [0.05, 0.1) is 12.0 Å². The molecule has 0 aromatic carbocycles. The minimum Gasteiger partial charge on any atom is -0.330 e. The Morgan fingerprint density at radius 3 is 2.59 bits per heavy atom. The second kappa shape index (κ2) is 5.21. The molecule has 1 saturated carbocycles. The summed E-state index contributed by atoms with van der Waals surface area (Å²) in [7, 11) is 0. The Hall–Kier alpha value is -0.830. The van der Waals surface area contributed by atoms with E-state index in [2.05, 4.69) is 27.4 Å². The molecule has 0 bridgehead atoms. The van der Waals surface area contributed by atoms with Gasteiger partial charge in [0, 0.05) is 18.3 Å². The lowest BCUT2D eigenvalue weighted by Crippen LogP contribution is -2.19. The van der Waals surface area contributed by atoms with Crippen LogP contribution in [0.15, 0.2) is 12.5 Å². The van der Waals surface area contributed by atoms with Crippen LogP contribution in [0.4, 0.5) is 0 Å². The van der Waals surface area contributed by atoms with Gasteiger partial charge in [-0.3, -0.25) is 0 Å². The van der Waals surface area contributed by atoms with Gasteiger partial charge in [0.1, 0.15) is 0 Å². The molecule has 1 unspecified atom stereocenters. The summed E-state index contributed by atoms with van der Waals surface area (Å²) in [6.07, 6.45) is 15.0. The summed E-state index contributed by atoms with van der Waals surface area (Å²) in [5.41, 5.74) is 1.43. The number of imidazole rings is 1. The Balaban J connectivity index is 1.79. The molecule has 2 aliphatic rings. The molecule has 1 aliphatic carbocycles. The molecule has 1 aromatic heterocycles. The summed E-state index contributed by atoms with van der Waals surface area (Å²) in [6, 6.07) is 1.26. The Morgan fingerprint density at radius 1 is 1.06 bits per heavy atom. The molecule has 3 heteroatoms. The van der Waals surface area contributed by atoms with Gasteiger partial charge in [-0.1, -0.05) is 25.7 Å². The van der Waals surface area contributed by atoms with Gasteiger partial charge in [-0.05, 0) is 32.2 Å². The molecule has 0 amide bonds. The van der Waals surface area contributed by atoms with Gasteiger partial charge in [-0.2, -0.15) is 0 Å². The van der Waals surface area contributed by atoms with Crippen LogP contribution in [-0.4, -0.2) is 16.1 Å². The van der Waals surface area contributed by atoms with E-state index in [0.29, 0.717) is 12.1 Å². The SMILES string of the molecule is c1ncn(C2CCCCCC2)c1C1CCCN1. The molecule has 3 rings (SSSR count). The van der Waals surface area contributed by atoms with Crippen LogP contribution in [0.2, 0.25) is 0 Å². The molecule has 1 atom stereocenters. The standard InChI is InChI=1S/C14H23N3/c1-2-4-7-12(6-3-1)17-11-15-10-14(17)13-8-5-9-16-13/h10-13,16H,1-9H2. The van der Waals surface area contributed by atoms with Gasteiger partial charge in [0.15, 0.2) is 0 Å². The van der Waals surface area contributed by atoms with Crippen LogP contribution in [-0.2, 0) is 0 Å². The largest absolute Gasteiger partial charge is 0.330 e. The van der Waals surface area contributed by atoms with Crippen LogP contribution in [0.5, 0.6) is 0 Å². The fourth-order valence-corrected chi connectivity index (χ4v) is 3.36. The Kier molecular flexibility index (Phi) is 3.46. The molecule has 0 spiro atoms. The molecule has 3 nitrogen and oxygen atoms in total. The maximum atomic E-state index is 4.40. The topological polar surface area (TPSA) is 29.9 Å². The van der Waals surface area contributed by atoms with Crippen molar-refractivity contribution in [1.29, 1.82) is 0 Å². The molecule has 1 N–H and O–H groups in total. The molecule has 17 heavy (non-hydrogen) atoms. The quantitative estimate of drug-likeness (QED) is 0.795. The lowest BCUT2D eigenvalue weighted by molar-refractivity contribution is 0.416. The summed E-state index contributed by atoms with van der Waals surface area (Å²) in [6.45, 7) is 1.17. The van der Waals surface area contributed by atoms with Crippen molar-refractivity contribution in [3.8, 4) is 0 Å². The molecule has 94 valence electrons. The van der Waals surface area contributed by atoms with E-state index in [9.17, 15) is 0 Å². The van der Waals surface area contributed by atoms with Gasteiger partial charge in [-0.15, -0.1) is 0 Å². The van der Waals surface area contributed by atoms with Gasteiger partial charge in [-0.25, -0.2) is 4.98 Å². The maximum absolute atomic E-state index is 4.40. The van der Waals surface area contributed by atoms with E-state index in [4.69, 9.17) is 0 Å². The normalized spacial score (nSPS) is 27.2. The highest BCUT2D eigenvalue weighted by atomic mass is 15.1. The Morgan fingerprint density at radius 2 is 1.88 bits per heavy atom. The van der Waals surface area contributed by atoms with E-state index in [1.54, 1.807) is 0 Å².